The van der Waals surface area contributed by atoms with E-state index in [0.29, 0.717) is 11.6 Å². The van der Waals surface area contributed by atoms with Gasteiger partial charge in [-0.15, -0.1) is 0 Å². The van der Waals surface area contributed by atoms with E-state index < -0.39 is 10.0 Å². The third kappa shape index (κ3) is 4.75. The van der Waals surface area contributed by atoms with Crippen molar-refractivity contribution in [2.24, 2.45) is 0 Å². The maximum atomic E-state index is 12.9. The standard InChI is InChI=1S/C17H25FN2O2S/c18-15-7-5-14(6-8-15)13-23(21,22)19-16-9-11-20(12-10-16)17-3-1-2-4-17/h5-8,16-17,19H,1-4,9-13H2. The molecule has 0 unspecified atom stereocenters. The number of rotatable bonds is 5. The van der Waals surface area contributed by atoms with E-state index >= 15 is 0 Å². The Bertz CT molecular complexity index is 604. The minimum atomic E-state index is -3.37. The van der Waals surface area contributed by atoms with Gasteiger partial charge in [-0.05, 0) is 56.5 Å². The Hall–Kier alpha value is -0.980. The summed E-state index contributed by atoms with van der Waals surface area (Å²) in [7, 11) is -3.37. The summed E-state index contributed by atoms with van der Waals surface area (Å²) in [5.41, 5.74) is 0.613. The summed E-state index contributed by atoms with van der Waals surface area (Å²) in [6, 6.07) is 6.38. The first kappa shape index (κ1) is 16.9. The molecule has 0 bridgehead atoms. The zero-order chi connectivity index (χ0) is 16.3. The summed E-state index contributed by atoms with van der Waals surface area (Å²) in [6.07, 6.45) is 6.99. The molecule has 2 aliphatic rings. The molecule has 1 saturated carbocycles. The number of benzene rings is 1. The molecule has 4 nitrogen and oxygen atoms in total. The van der Waals surface area contributed by atoms with E-state index in [1.165, 1.54) is 49.9 Å². The molecule has 1 aromatic rings. The molecule has 0 spiro atoms. The van der Waals surface area contributed by atoms with Crippen molar-refractivity contribution in [1.29, 1.82) is 0 Å². The molecule has 2 fully saturated rings. The van der Waals surface area contributed by atoms with Crippen molar-refractivity contribution < 1.29 is 12.8 Å². The maximum Gasteiger partial charge on any atom is 0.216 e. The lowest BCUT2D eigenvalue weighted by Gasteiger charge is -2.36. The van der Waals surface area contributed by atoms with Crippen molar-refractivity contribution in [2.75, 3.05) is 13.1 Å². The summed E-state index contributed by atoms with van der Waals surface area (Å²) < 4.78 is 40.3. The van der Waals surface area contributed by atoms with Crippen molar-refractivity contribution in [2.45, 2.75) is 56.4 Å². The monoisotopic (exact) mass is 340 g/mol. The lowest BCUT2D eigenvalue weighted by atomic mass is 10.0. The molecule has 1 heterocycles. The predicted octanol–water partition coefficient (Wildman–Crippen LogP) is 2.65. The fraction of sp³-hybridized carbons (Fsp3) is 0.647. The molecule has 23 heavy (non-hydrogen) atoms. The van der Waals surface area contributed by atoms with Gasteiger partial charge in [-0.1, -0.05) is 25.0 Å². The van der Waals surface area contributed by atoms with Crippen LogP contribution in [0.4, 0.5) is 4.39 Å². The SMILES string of the molecule is O=S(=O)(Cc1ccc(F)cc1)NC1CCN(C2CCCC2)CC1. The van der Waals surface area contributed by atoms with Gasteiger partial charge in [-0.3, -0.25) is 0 Å². The van der Waals surface area contributed by atoms with Crippen LogP contribution in [0, 0.1) is 5.82 Å². The Morgan fingerprint density at radius 1 is 1.04 bits per heavy atom. The first-order chi connectivity index (χ1) is 11.0. The van der Waals surface area contributed by atoms with Gasteiger partial charge in [0.2, 0.25) is 10.0 Å². The number of nitrogens with zero attached hydrogens (tertiary/aromatic N) is 1. The first-order valence-electron chi connectivity index (χ1n) is 8.50. The maximum absolute atomic E-state index is 12.9. The van der Waals surface area contributed by atoms with Crippen LogP contribution >= 0.6 is 0 Å². The van der Waals surface area contributed by atoms with E-state index in [4.69, 9.17) is 0 Å². The molecule has 1 aromatic carbocycles. The molecule has 0 atom stereocenters. The van der Waals surface area contributed by atoms with Crippen molar-refractivity contribution in [3.05, 3.63) is 35.6 Å². The van der Waals surface area contributed by atoms with Crippen molar-refractivity contribution >= 4 is 10.0 Å². The quantitative estimate of drug-likeness (QED) is 0.896. The fourth-order valence-corrected chi connectivity index (χ4v) is 5.21. The van der Waals surface area contributed by atoms with Gasteiger partial charge in [0.05, 0.1) is 5.75 Å². The van der Waals surface area contributed by atoms with Gasteiger partial charge >= 0.3 is 0 Å². The van der Waals surface area contributed by atoms with Gasteiger partial charge < -0.3 is 4.90 Å². The van der Waals surface area contributed by atoms with Crippen LogP contribution in [0.25, 0.3) is 0 Å². The van der Waals surface area contributed by atoms with Gasteiger partial charge in [-0.2, -0.15) is 0 Å². The summed E-state index contributed by atoms with van der Waals surface area (Å²) in [5.74, 6) is -0.436. The van der Waals surface area contributed by atoms with E-state index in [0.717, 1.165) is 25.9 Å². The Morgan fingerprint density at radius 3 is 2.26 bits per heavy atom. The highest BCUT2D eigenvalue weighted by Crippen LogP contribution is 2.26. The highest BCUT2D eigenvalue weighted by atomic mass is 32.2. The third-order valence-electron chi connectivity index (χ3n) is 4.99. The minimum Gasteiger partial charge on any atom is -0.300 e. The summed E-state index contributed by atoms with van der Waals surface area (Å²) in [6.45, 7) is 1.96. The van der Waals surface area contributed by atoms with E-state index in [2.05, 4.69) is 9.62 Å². The van der Waals surface area contributed by atoms with E-state index in [-0.39, 0.29) is 17.6 Å². The molecule has 3 rings (SSSR count). The molecular weight excluding hydrogens is 315 g/mol. The molecule has 0 radical (unpaired) electrons. The largest absolute Gasteiger partial charge is 0.300 e. The molecule has 0 amide bonds. The number of piperidine rings is 1. The number of likely N-dealkylation sites (tertiary alicyclic amines) is 1. The summed E-state index contributed by atoms with van der Waals surface area (Å²) >= 11 is 0. The molecule has 0 aromatic heterocycles. The first-order valence-corrected chi connectivity index (χ1v) is 10.2. The number of nitrogens with one attached hydrogen (secondary N) is 1. The second kappa shape index (κ2) is 7.28. The Labute approximate surface area is 138 Å². The van der Waals surface area contributed by atoms with E-state index in [1.54, 1.807) is 0 Å². The fourth-order valence-electron chi connectivity index (χ4n) is 3.75. The Kier molecular flexibility index (Phi) is 5.34. The predicted molar refractivity (Wildman–Crippen MR) is 89.0 cm³/mol. The average molecular weight is 340 g/mol. The highest BCUT2D eigenvalue weighted by molar-refractivity contribution is 7.88. The second-order valence-electron chi connectivity index (χ2n) is 6.75. The highest BCUT2D eigenvalue weighted by Gasteiger charge is 2.28. The van der Waals surface area contributed by atoms with Gasteiger partial charge in [-0.25, -0.2) is 17.5 Å². The van der Waals surface area contributed by atoms with E-state index in [9.17, 15) is 12.8 Å². The lowest BCUT2D eigenvalue weighted by molar-refractivity contribution is 0.151. The molecule has 6 heteroatoms. The van der Waals surface area contributed by atoms with Crippen LogP contribution in [0.1, 0.15) is 44.1 Å². The van der Waals surface area contributed by atoms with Gasteiger partial charge in [0.25, 0.3) is 0 Å². The van der Waals surface area contributed by atoms with Crippen molar-refractivity contribution in [1.82, 2.24) is 9.62 Å². The van der Waals surface area contributed by atoms with Crippen LogP contribution in [0.15, 0.2) is 24.3 Å². The van der Waals surface area contributed by atoms with Crippen molar-refractivity contribution in [3.63, 3.8) is 0 Å². The van der Waals surface area contributed by atoms with Crippen LogP contribution in [0.5, 0.6) is 0 Å². The van der Waals surface area contributed by atoms with Crippen LogP contribution in [-0.4, -0.2) is 38.5 Å². The topological polar surface area (TPSA) is 49.4 Å². The zero-order valence-electron chi connectivity index (χ0n) is 13.4. The number of halogens is 1. The molecule has 1 aliphatic heterocycles. The van der Waals surface area contributed by atoms with Gasteiger partial charge in [0.15, 0.2) is 0 Å². The van der Waals surface area contributed by atoms with Gasteiger partial charge in [0.1, 0.15) is 5.82 Å². The van der Waals surface area contributed by atoms with Crippen LogP contribution in [0.2, 0.25) is 0 Å². The molecule has 128 valence electrons. The van der Waals surface area contributed by atoms with E-state index in [1.807, 2.05) is 0 Å². The average Bonchev–Trinajstić information content (AvgIpc) is 3.04. The molecule has 1 saturated heterocycles. The van der Waals surface area contributed by atoms with Crippen LogP contribution < -0.4 is 4.72 Å². The summed E-state index contributed by atoms with van der Waals surface area (Å²) in [4.78, 5) is 2.53. The third-order valence-corrected chi connectivity index (χ3v) is 6.39. The zero-order valence-corrected chi connectivity index (χ0v) is 14.2. The molecule has 1 N–H and O–H groups in total. The lowest BCUT2D eigenvalue weighted by Crippen LogP contribution is -2.47. The summed E-state index contributed by atoms with van der Waals surface area (Å²) in [5, 5.41) is 0. The normalized spacial score (nSPS) is 21.8. The minimum absolute atomic E-state index is 0.0260. The van der Waals surface area contributed by atoms with Crippen LogP contribution in [-0.2, 0) is 15.8 Å². The Morgan fingerprint density at radius 2 is 1.65 bits per heavy atom. The van der Waals surface area contributed by atoms with Gasteiger partial charge in [0, 0.05) is 12.1 Å². The Balaban J connectivity index is 1.49. The van der Waals surface area contributed by atoms with Crippen molar-refractivity contribution in [3.8, 4) is 0 Å². The van der Waals surface area contributed by atoms with Crippen LogP contribution in [0.3, 0.4) is 0 Å². The smallest absolute Gasteiger partial charge is 0.216 e. The number of sulfonamides is 1. The second-order valence-corrected chi connectivity index (χ2v) is 8.51. The molecule has 1 aliphatic carbocycles. The number of hydrogen-bond acceptors (Lipinski definition) is 3. The molecular formula is C17H25FN2O2S. The number of hydrogen-bond donors (Lipinski definition) is 1.